The van der Waals surface area contributed by atoms with Gasteiger partial charge in [-0.1, -0.05) is 0 Å². The number of hydrogen-bond acceptors (Lipinski definition) is 3. The molecule has 1 N–H and O–H groups in total. The minimum Gasteiger partial charge on any atom is -0.308 e. The summed E-state index contributed by atoms with van der Waals surface area (Å²) >= 11 is 5.32. The molecule has 1 aliphatic heterocycles. The predicted molar refractivity (Wildman–Crippen MR) is 74.0 cm³/mol. The van der Waals surface area contributed by atoms with Crippen LogP contribution >= 0.6 is 27.3 Å². The first-order chi connectivity index (χ1) is 7.65. The van der Waals surface area contributed by atoms with Crippen molar-refractivity contribution in [2.24, 2.45) is 0 Å². The second-order valence-corrected chi connectivity index (χ2v) is 7.21. The average molecular weight is 303 g/mol. The van der Waals surface area contributed by atoms with Crippen molar-refractivity contribution in [3.63, 3.8) is 0 Å². The van der Waals surface area contributed by atoms with Gasteiger partial charge in [-0.25, -0.2) is 0 Å². The number of thiophene rings is 1. The van der Waals surface area contributed by atoms with Crippen molar-refractivity contribution >= 4 is 27.3 Å². The summed E-state index contributed by atoms with van der Waals surface area (Å²) in [6.07, 6.45) is 1.28. The lowest BCUT2D eigenvalue weighted by molar-refractivity contribution is 0.268. The highest BCUT2D eigenvalue weighted by molar-refractivity contribution is 9.11. The third-order valence-corrected chi connectivity index (χ3v) is 4.77. The normalized spacial score (nSPS) is 22.1. The summed E-state index contributed by atoms with van der Waals surface area (Å²) in [5, 5.41) is 3.64. The van der Waals surface area contributed by atoms with E-state index < -0.39 is 0 Å². The Kier molecular flexibility index (Phi) is 4.41. The average Bonchev–Trinajstić information content (AvgIpc) is 2.83. The van der Waals surface area contributed by atoms with Gasteiger partial charge >= 0.3 is 0 Å². The van der Waals surface area contributed by atoms with E-state index in [1.54, 1.807) is 0 Å². The van der Waals surface area contributed by atoms with Gasteiger partial charge in [0.1, 0.15) is 0 Å². The summed E-state index contributed by atoms with van der Waals surface area (Å²) in [4.78, 5) is 3.96. The Morgan fingerprint density at radius 3 is 2.94 bits per heavy atom. The molecule has 0 aliphatic carbocycles. The van der Waals surface area contributed by atoms with E-state index in [1.807, 2.05) is 11.3 Å². The summed E-state index contributed by atoms with van der Waals surface area (Å²) in [7, 11) is 0. The van der Waals surface area contributed by atoms with E-state index in [2.05, 4.69) is 52.1 Å². The molecule has 2 rings (SSSR count). The minimum absolute atomic E-state index is 0.670. The molecule has 1 aromatic heterocycles. The number of nitrogens with one attached hydrogen (secondary N) is 1. The Labute approximate surface area is 110 Å². The lowest BCUT2D eigenvalue weighted by atomic mass is 10.2. The number of nitrogens with zero attached hydrogens (tertiary/aromatic N) is 1. The first-order valence-electron chi connectivity index (χ1n) is 5.87. The number of hydrogen-bond donors (Lipinski definition) is 1. The van der Waals surface area contributed by atoms with Crippen LogP contribution in [0.15, 0.2) is 15.9 Å². The molecule has 1 fully saturated rings. The molecule has 1 unspecified atom stereocenters. The second-order valence-electron chi connectivity index (χ2n) is 4.66. The van der Waals surface area contributed by atoms with Crippen molar-refractivity contribution in [2.45, 2.75) is 38.9 Å². The Morgan fingerprint density at radius 1 is 1.56 bits per heavy atom. The molecule has 2 heterocycles. The fraction of sp³-hybridized carbons (Fsp3) is 0.667. The smallest absolute Gasteiger partial charge is 0.0701 e. The number of halogens is 1. The van der Waals surface area contributed by atoms with Crippen molar-refractivity contribution in [1.29, 1.82) is 0 Å². The first kappa shape index (κ1) is 12.6. The van der Waals surface area contributed by atoms with Crippen LogP contribution in [0.5, 0.6) is 0 Å². The molecule has 0 radical (unpaired) electrons. The van der Waals surface area contributed by atoms with Crippen LogP contribution in [0.1, 0.15) is 25.1 Å². The van der Waals surface area contributed by atoms with E-state index >= 15 is 0 Å². The monoisotopic (exact) mass is 302 g/mol. The van der Waals surface area contributed by atoms with Gasteiger partial charge in [-0.05, 0) is 54.9 Å². The molecule has 1 aromatic rings. The zero-order chi connectivity index (χ0) is 11.5. The summed E-state index contributed by atoms with van der Waals surface area (Å²) in [5.74, 6) is 0. The zero-order valence-electron chi connectivity index (χ0n) is 9.87. The molecule has 90 valence electrons. The van der Waals surface area contributed by atoms with Gasteiger partial charge in [0.05, 0.1) is 3.79 Å². The second kappa shape index (κ2) is 5.63. The van der Waals surface area contributed by atoms with E-state index in [4.69, 9.17) is 0 Å². The van der Waals surface area contributed by atoms with E-state index in [0.29, 0.717) is 12.1 Å². The Morgan fingerprint density at radius 2 is 2.38 bits per heavy atom. The molecular formula is C12H19BrN2S. The van der Waals surface area contributed by atoms with Crippen molar-refractivity contribution in [3.05, 3.63) is 20.8 Å². The fourth-order valence-corrected chi connectivity index (χ4v) is 3.55. The lowest BCUT2D eigenvalue weighted by Crippen LogP contribution is -2.34. The van der Waals surface area contributed by atoms with Crippen LogP contribution < -0.4 is 5.32 Å². The van der Waals surface area contributed by atoms with Crippen LogP contribution in [0.25, 0.3) is 0 Å². The SMILES string of the molecule is CC(C)N1CCC(NCc2ccc(Br)s2)C1. The van der Waals surface area contributed by atoms with Crippen molar-refractivity contribution < 1.29 is 0 Å². The Balaban J connectivity index is 1.75. The number of rotatable bonds is 4. The molecular weight excluding hydrogens is 284 g/mol. The standard InChI is InChI=1S/C12H19BrN2S/c1-9(2)15-6-5-10(8-15)14-7-11-3-4-12(13)16-11/h3-4,9-10,14H,5-8H2,1-2H3. The van der Waals surface area contributed by atoms with Crippen LogP contribution in [0.4, 0.5) is 0 Å². The molecule has 0 saturated carbocycles. The van der Waals surface area contributed by atoms with Crippen LogP contribution in [0, 0.1) is 0 Å². The van der Waals surface area contributed by atoms with Crippen LogP contribution in [-0.2, 0) is 6.54 Å². The lowest BCUT2D eigenvalue weighted by Gasteiger charge is -2.20. The minimum atomic E-state index is 0.670. The highest BCUT2D eigenvalue weighted by atomic mass is 79.9. The summed E-state index contributed by atoms with van der Waals surface area (Å²) in [6.45, 7) is 8.00. The molecule has 0 aromatic carbocycles. The van der Waals surface area contributed by atoms with Crippen molar-refractivity contribution in [1.82, 2.24) is 10.2 Å². The highest BCUT2D eigenvalue weighted by Gasteiger charge is 2.23. The number of likely N-dealkylation sites (tertiary alicyclic amines) is 1. The van der Waals surface area contributed by atoms with Gasteiger partial charge in [-0.15, -0.1) is 11.3 Å². The van der Waals surface area contributed by atoms with Crippen LogP contribution in [0.3, 0.4) is 0 Å². The topological polar surface area (TPSA) is 15.3 Å². The molecule has 0 spiro atoms. The van der Waals surface area contributed by atoms with Gasteiger partial charge in [-0.2, -0.15) is 0 Å². The zero-order valence-corrected chi connectivity index (χ0v) is 12.3. The molecule has 0 amide bonds. The predicted octanol–water partition coefficient (Wildman–Crippen LogP) is 3.08. The van der Waals surface area contributed by atoms with Gasteiger partial charge in [0, 0.05) is 30.1 Å². The third kappa shape index (κ3) is 3.29. The highest BCUT2D eigenvalue weighted by Crippen LogP contribution is 2.22. The quantitative estimate of drug-likeness (QED) is 0.919. The molecule has 1 atom stereocenters. The molecule has 1 aliphatic rings. The third-order valence-electron chi connectivity index (χ3n) is 3.14. The molecule has 0 bridgehead atoms. The van der Waals surface area contributed by atoms with E-state index in [-0.39, 0.29) is 0 Å². The van der Waals surface area contributed by atoms with Gasteiger partial charge in [0.15, 0.2) is 0 Å². The maximum Gasteiger partial charge on any atom is 0.0701 e. The van der Waals surface area contributed by atoms with Crippen LogP contribution in [-0.4, -0.2) is 30.1 Å². The Hall–Kier alpha value is 0.1000. The maximum atomic E-state index is 3.64. The fourth-order valence-electron chi connectivity index (χ4n) is 2.11. The van der Waals surface area contributed by atoms with E-state index in [9.17, 15) is 0 Å². The van der Waals surface area contributed by atoms with Crippen LogP contribution in [0.2, 0.25) is 0 Å². The summed E-state index contributed by atoms with van der Waals surface area (Å²) in [5.41, 5.74) is 0. The van der Waals surface area contributed by atoms with Gasteiger partial charge in [0.25, 0.3) is 0 Å². The van der Waals surface area contributed by atoms with Crippen molar-refractivity contribution in [2.75, 3.05) is 13.1 Å². The summed E-state index contributed by atoms with van der Waals surface area (Å²) < 4.78 is 1.22. The van der Waals surface area contributed by atoms with E-state index in [1.165, 1.54) is 28.2 Å². The maximum absolute atomic E-state index is 3.64. The largest absolute Gasteiger partial charge is 0.308 e. The molecule has 16 heavy (non-hydrogen) atoms. The molecule has 4 heteroatoms. The molecule has 2 nitrogen and oxygen atoms in total. The molecule has 1 saturated heterocycles. The first-order valence-corrected chi connectivity index (χ1v) is 7.48. The van der Waals surface area contributed by atoms with Gasteiger partial charge in [0.2, 0.25) is 0 Å². The van der Waals surface area contributed by atoms with Crippen molar-refractivity contribution in [3.8, 4) is 0 Å². The Bertz CT molecular complexity index is 338. The van der Waals surface area contributed by atoms with Gasteiger partial charge in [-0.3, -0.25) is 4.90 Å². The summed E-state index contributed by atoms with van der Waals surface area (Å²) in [6, 6.07) is 5.67. The van der Waals surface area contributed by atoms with Gasteiger partial charge < -0.3 is 5.32 Å². The van der Waals surface area contributed by atoms with E-state index in [0.717, 1.165) is 6.54 Å².